The molecule has 6 heteroatoms. The first-order valence-electron chi connectivity index (χ1n) is 8.74. The smallest absolute Gasteiger partial charge is 0.262 e. The summed E-state index contributed by atoms with van der Waals surface area (Å²) >= 11 is 1.62. The molecule has 1 amide bonds. The van der Waals surface area contributed by atoms with Crippen LogP contribution in [0.3, 0.4) is 0 Å². The van der Waals surface area contributed by atoms with Gasteiger partial charge in [0.2, 0.25) is 5.91 Å². The van der Waals surface area contributed by atoms with E-state index < -0.39 is 0 Å². The molecule has 0 saturated heterocycles. The van der Waals surface area contributed by atoms with Crippen molar-refractivity contribution in [3.63, 3.8) is 0 Å². The molecule has 0 bridgehead atoms. The Bertz CT molecular complexity index is 806. The van der Waals surface area contributed by atoms with E-state index >= 15 is 0 Å². The third kappa shape index (κ3) is 3.53. The van der Waals surface area contributed by atoms with E-state index in [1.165, 1.54) is 15.8 Å². The van der Waals surface area contributed by atoms with E-state index in [0.29, 0.717) is 5.92 Å². The van der Waals surface area contributed by atoms with Crippen LogP contribution in [0.4, 0.5) is 0 Å². The molecule has 1 aliphatic carbocycles. The number of rotatable bonds is 6. The molecule has 2 aromatic rings. The summed E-state index contributed by atoms with van der Waals surface area (Å²) in [5.41, 5.74) is 1.08. The van der Waals surface area contributed by atoms with Crippen molar-refractivity contribution in [2.75, 3.05) is 0 Å². The molecule has 1 atom stereocenters. The first-order chi connectivity index (χ1) is 11.5. The molecule has 24 heavy (non-hydrogen) atoms. The first-order valence-corrected chi connectivity index (χ1v) is 9.56. The molecular formula is C18H25N3O2S. The van der Waals surface area contributed by atoms with Crippen LogP contribution >= 0.6 is 11.3 Å². The van der Waals surface area contributed by atoms with Gasteiger partial charge in [-0.3, -0.25) is 14.2 Å². The standard InChI is InChI=1S/C18H25N3O2S/c1-11(2)7-8-12(3)20-15(22)9-21-10-19-17-16(18(21)23)13-5-4-6-14(13)24-17/h10-12H,4-9H2,1-3H3,(H,20,22)/t12-/m0/s1. The molecule has 130 valence electrons. The van der Waals surface area contributed by atoms with Gasteiger partial charge in [-0.25, -0.2) is 4.98 Å². The van der Waals surface area contributed by atoms with Crippen molar-refractivity contribution in [3.05, 3.63) is 27.1 Å². The Morgan fingerprint density at radius 2 is 2.12 bits per heavy atom. The number of nitrogens with zero attached hydrogens (tertiary/aromatic N) is 2. The summed E-state index contributed by atoms with van der Waals surface area (Å²) in [7, 11) is 0. The fourth-order valence-electron chi connectivity index (χ4n) is 3.26. The fourth-order valence-corrected chi connectivity index (χ4v) is 4.48. The third-order valence-corrected chi connectivity index (χ3v) is 5.79. The van der Waals surface area contributed by atoms with Crippen LogP contribution in [0.25, 0.3) is 10.2 Å². The number of hydrogen-bond donors (Lipinski definition) is 1. The highest BCUT2D eigenvalue weighted by Gasteiger charge is 2.21. The summed E-state index contributed by atoms with van der Waals surface area (Å²) in [4.78, 5) is 31.5. The molecule has 5 nitrogen and oxygen atoms in total. The van der Waals surface area contributed by atoms with Crippen molar-refractivity contribution in [1.29, 1.82) is 0 Å². The van der Waals surface area contributed by atoms with Gasteiger partial charge in [-0.15, -0.1) is 11.3 Å². The number of carbonyl (C=O) groups is 1. The number of thiophene rings is 1. The van der Waals surface area contributed by atoms with E-state index in [0.717, 1.165) is 47.9 Å². The number of hydrogen-bond acceptors (Lipinski definition) is 4. The van der Waals surface area contributed by atoms with Gasteiger partial charge in [-0.05, 0) is 50.5 Å². The summed E-state index contributed by atoms with van der Waals surface area (Å²) in [5.74, 6) is 0.501. The van der Waals surface area contributed by atoms with Crippen LogP contribution in [0.5, 0.6) is 0 Å². The van der Waals surface area contributed by atoms with Crippen molar-refractivity contribution in [2.45, 2.75) is 65.5 Å². The number of amides is 1. The van der Waals surface area contributed by atoms with Crippen molar-refractivity contribution in [2.24, 2.45) is 5.92 Å². The molecule has 2 aromatic heterocycles. The molecule has 0 radical (unpaired) electrons. The van der Waals surface area contributed by atoms with E-state index in [1.54, 1.807) is 11.3 Å². The Balaban J connectivity index is 1.72. The molecule has 0 unspecified atom stereocenters. The fraction of sp³-hybridized carbons (Fsp3) is 0.611. The lowest BCUT2D eigenvalue weighted by Gasteiger charge is -2.15. The largest absolute Gasteiger partial charge is 0.352 e. The summed E-state index contributed by atoms with van der Waals surface area (Å²) in [6, 6.07) is 0.123. The summed E-state index contributed by atoms with van der Waals surface area (Å²) in [6.07, 6.45) is 6.65. The lowest BCUT2D eigenvalue weighted by Crippen LogP contribution is -2.37. The molecule has 0 aromatic carbocycles. The first kappa shape index (κ1) is 17.1. The monoisotopic (exact) mass is 347 g/mol. The van der Waals surface area contributed by atoms with Gasteiger partial charge in [0.1, 0.15) is 11.4 Å². The molecular weight excluding hydrogens is 322 g/mol. The van der Waals surface area contributed by atoms with Gasteiger partial charge in [0.15, 0.2) is 0 Å². The number of nitrogens with one attached hydrogen (secondary N) is 1. The van der Waals surface area contributed by atoms with Crippen LogP contribution < -0.4 is 10.9 Å². The van der Waals surface area contributed by atoms with Gasteiger partial charge in [0.05, 0.1) is 11.7 Å². The Labute approximate surface area is 146 Å². The van der Waals surface area contributed by atoms with E-state index in [4.69, 9.17) is 0 Å². The number of aromatic nitrogens is 2. The molecule has 3 rings (SSSR count). The molecule has 0 fully saturated rings. The van der Waals surface area contributed by atoms with E-state index in [9.17, 15) is 9.59 Å². The SMILES string of the molecule is CC(C)CC[C@H](C)NC(=O)Cn1cnc2sc3c(c2c1=O)CCC3. The average Bonchev–Trinajstić information content (AvgIpc) is 3.08. The normalized spacial score (nSPS) is 15.0. The van der Waals surface area contributed by atoms with Gasteiger partial charge in [0.25, 0.3) is 5.56 Å². The average molecular weight is 347 g/mol. The third-order valence-electron chi connectivity index (χ3n) is 4.59. The van der Waals surface area contributed by atoms with Crippen LogP contribution in [0.2, 0.25) is 0 Å². The summed E-state index contributed by atoms with van der Waals surface area (Å²) < 4.78 is 1.44. The van der Waals surface area contributed by atoms with Crippen molar-refractivity contribution in [1.82, 2.24) is 14.9 Å². The second-order valence-electron chi connectivity index (χ2n) is 7.15. The summed E-state index contributed by atoms with van der Waals surface area (Å²) in [5, 5.41) is 3.71. The number of carbonyl (C=O) groups excluding carboxylic acids is 1. The van der Waals surface area contributed by atoms with Crippen LogP contribution in [0.15, 0.2) is 11.1 Å². The topological polar surface area (TPSA) is 64.0 Å². The Kier molecular flexibility index (Phi) is 5.04. The van der Waals surface area contributed by atoms with Crippen LogP contribution in [-0.4, -0.2) is 21.5 Å². The predicted molar refractivity (Wildman–Crippen MR) is 97.6 cm³/mol. The second-order valence-corrected chi connectivity index (χ2v) is 8.24. The van der Waals surface area contributed by atoms with Crippen molar-refractivity contribution < 1.29 is 4.79 Å². The maximum absolute atomic E-state index is 12.7. The van der Waals surface area contributed by atoms with Crippen molar-refractivity contribution in [3.8, 4) is 0 Å². The number of aryl methyl sites for hydroxylation is 2. The molecule has 0 saturated carbocycles. The number of fused-ring (bicyclic) bond motifs is 3. The molecule has 1 N–H and O–H groups in total. The van der Waals surface area contributed by atoms with Gasteiger partial charge < -0.3 is 5.32 Å². The maximum Gasteiger partial charge on any atom is 0.262 e. The van der Waals surface area contributed by atoms with E-state index in [2.05, 4.69) is 24.1 Å². The van der Waals surface area contributed by atoms with Gasteiger partial charge in [-0.1, -0.05) is 13.8 Å². The zero-order valence-electron chi connectivity index (χ0n) is 14.6. The second kappa shape index (κ2) is 7.05. The van der Waals surface area contributed by atoms with Gasteiger partial charge in [0, 0.05) is 10.9 Å². The molecule has 0 aliphatic heterocycles. The molecule has 0 spiro atoms. The van der Waals surface area contributed by atoms with Crippen LogP contribution in [0.1, 0.15) is 50.5 Å². The minimum atomic E-state index is -0.124. The van der Waals surface area contributed by atoms with Crippen LogP contribution in [-0.2, 0) is 24.2 Å². The highest BCUT2D eigenvalue weighted by atomic mass is 32.1. The highest BCUT2D eigenvalue weighted by molar-refractivity contribution is 7.18. The Morgan fingerprint density at radius 3 is 2.88 bits per heavy atom. The Hall–Kier alpha value is -1.69. The van der Waals surface area contributed by atoms with Crippen molar-refractivity contribution >= 4 is 27.5 Å². The minimum absolute atomic E-state index is 0.0401. The van der Waals surface area contributed by atoms with E-state index in [1.807, 2.05) is 6.92 Å². The lowest BCUT2D eigenvalue weighted by molar-refractivity contribution is -0.122. The van der Waals surface area contributed by atoms with E-state index in [-0.39, 0.29) is 24.1 Å². The van der Waals surface area contributed by atoms with Gasteiger partial charge >= 0.3 is 0 Å². The lowest BCUT2D eigenvalue weighted by atomic mass is 10.0. The van der Waals surface area contributed by atoms with Gasteiger partial charge in [-0.2, -0.15) is 0 Å². The molecule has 2 heterocycles. The zero-order valence-corrected chi connectivity index (χ0v) is 15.4. The summed E-state index contributed by atoms with van der Waals surface area (Å²) in [6.45, 7) is 6.40. The maximum atomic E-state index is 12.7. The quantitative estimate of drug-likeness (QED) is 0.874. The minimum Gasteiger partial charge on any atom is -0.352 e. The highest BCUT2D eigenvalue weighted by Crippen LogP contribution is 2.34. The predicted octanol–water partition coefficient (Wildman–Crippen LogP) is 2.89. The Morgan fingerprint density at radius 1 is 1.33 bits per heavy atom. The molecule has 1 aliphatic rings. The zero-order chi connectivity index (χ0) is 17.3. The van der Waals surface area contributed by atoms with Crippen LogP contribution in [0, 0.1) is 5.92 Å².